The van der Waals surface area contributed by atoms with Crippen molar-refractivity contribution in [1.82, 2.24) is 0 Å². The van der Waals surface area contributed by atoms with E-state index in [-0.39, 0.29) is 0 Å². The van der Waals surface area contributed by atoms with Crippen molar-refractivity contribution < 1.29 is 5.11 Å². The molecule has 1 aliphatic rings. The highest BCUT2D eigenvalue weighted by atomic mass is 35.5. The lowest BCUT2D eigenvalue weighted by Gasteiger charge is -2.27. The molecule has 1 unspecified atom stereocenters. The molecule has 1 N–H and O–H groups in total. The Morgan fingerprint density at radius 2 is 1.67 bits per heavy atom. The second-order valence-electron chi connectivity index (χ2n) is 5.47. The average molecular weight is 318 g/mol. The zero-order valence-corrected chi connectivity index (χ0v) is 12.7. The molecule has 0 heterocycles. The zero-order valence-electron chi connectivity index (χ0n) is 11.2. The third kappa shape index (κ3) is 2.42. The minimum absolute atomic E-state index is 0.386. The fourth-order valence-corrected chi connectivity index (χ4v) is 3.29. The maximum absolute atomic E-state index is 10.7. The molecular formula is C17H13Cl2NO. The Morgan fingerprint density at radius 3 is 2.19 bits per heavy atom. The molecule has 0 amide bonds. The number of nitriles is 1. The van der Waals surface area contributed by atoms with Gasteiger partial charge in [0, 0.05) is 0 Å². The summed E-state index contributed by atoms with van der Waals surface area (Å²) in [5.74, 6) is 0. The highest BCUT2D eigenvalue weighted by Crippen LogP contribution is 2.46. The average Bonchev–Trinajstić information content (AvgIpc) is 2.89. The van der Waals surface area contributed by atoms with Crippen LogP contribution >= 0.6 is 23.2 Å². The van der Waals surface area contributed by atoms with Gasteiger partial charge in [-0.25, -0.2) is 0 Å². The van der Waals surface area contributed by atoms with Crippen LogP contribution in [0.3, 0.4) is 0 Å². The van der Waals surface area contributed by atoms with Crippen LogP contribution in [0.5, 0.6) is 0 Å². The smallest absolute Gasteiger partial charge is 0.0983 e. The summed E-state index contributed by atoms with van der Waals surface area (Å²) in [5.41, 5.74) is 2.02. The molecule has 0 aromatic heterocycles. The summed E-state index contributed by atoms with van der Waals surface area (Å²) in [5, 5.41) is 21.2. The van der Waals surface area contributed by atoms with Gasteiger partial charge in [0.2, 0.25) is 0 Å². The Labute approximate surface area is 133 Å². The predicted molar refractivity (Wildman–Crippen MR) is 83.3 cm³/mol. The van der Waals surface area contributed by atoms with E-state index in [1.54, 1.807) is 18.2 Å². The summed E-state index contributed by atoms with van der Waals surface area (Å²) in [6.45, 7) is 0. The van der Waals surface area contributed by atoms with Crippen molar-refractivity contribution in [2.24, 2.45) is 5.41 Å². The first kappa shape index (κ1) is 14.4. The van der Waals surface area contributed by atoms with Gasteiger partial charge >= 0.3 is 0 Å². The van der Waals surface area contributed by atoms with Crippen molar-refractivity contribution in [1.29, 1.82) is 5.26 Å². The molecule has 0 spiro atoms. The predicted octanol–water partition coefficient (Wildman–Crippen LogP) is 4.34. The summed E-state index contributed by atoms with van der Waals surface area (Å²) in [6, 6.07) is 15.3. The van der Waals surface area contributed by atoms with Crippen molar-refractivity contribution >= 4 is 23.2 Å². The third-order valence-corrected chi connectivity index (χ3v) is 4.87. The summed E-state index contributed by atoms with van der Waals surface area (Å²) in [6.07, 6.45) is 0.187. The van der Waals surface area contributed by atoms with Gasteiger partial charge in [-0.2, -0.15) is 5.26 Å². The van der Waals surface area contributed by atoms with Gasteiger partial charge < -0.3 is 5.11 Å². The van der Waals surface area contributed by atoms with Gasteiger partial charge in [0.25, 0.3) is 0 Å². The van der Waals surface area contributed by atoms with E-state index in [1.807, 2.05) is 24.3 Å². The van der Waals surface area contributed by atoms with E-state index in [4.69, 9.17) is 23.2 Å². The highest BCUT2D eigenvalue weighted by molar-refractivity contribution is 6.42. The van der Waals surface area contributed by atoms with E-state index >= 15 is 0 Å². The molecular weight excluding hydrogens is 305 g/mol. The molecule has 21 heavy (non-hydrogen) atoms. The van der Waals surface area contributed by atoms with Crippen LogP contribution in [0.15, 0.2) is 42.5 Å². The second-order valence-corrected chi connectivity index (χ2v) is 6.28. The lowest BCUT2D eigenvalue weighted by molar-refractivity contribution is 0.0693. The van der Waals surface area contributed by atoms with Gasteiger partial charge in [-0.3, -0.25) is 0 Å². The molecule has 0 bridgehead atoms. The molecule has 3 rings (SSSR count). The van der Waals surface area contributed by atoms with Crippen LogP contribution in [-0.4, -0.2) is 5.11 Å². The van der Waals surface area contributed by atoms with Crippen LogP contribution < -0.4 is 0 Å². The molecule has 2 aromatic rings. The van der Waals surface area contributed by atoms with Crippen LogP contribution in [0.4, 0.5) is 0 Å². The fourth-order valence-electron chi connectivity index (χ4n) is 2.98. The standard InChI is InChI=1S/C17H13Cl2NO/c18-14-6-5-11(7-15(14)19)16(21)17(10-20)8-12-3-1-2-4-13(12)9-17/h1-7,16,21H,8-9H2. The number of benzene rings is 2. The monoisotopic (exact) mass is 317 g/mol. The van der Waals surface area contributed by atoms with Gasteiger partial charge in [-0.05, 0) is 41.7 Å². The first-order valence-corrected chi connectivity index (χ1v) is 7.42. The molecule has 2 nitrogen and oxygen atoms in total. The molecule has 2 aromatic carbocycles. The van der Waals surface area contributed by atoms with Crippen LogP contribution in [-0.2, 0) is 12.8 Å². The van der Waals surface area contributed by atoms with E-state index < -0.39 is 11.5 Å². The molecule has 4 heteroatoms. The normalized spacial score (nSPS) is 17.0. The van der Waals surface area contributed by atoms with Gasteiger partial charge in [0.1, 0.15) is 0 Å². The van der Waals surface area contributed by atoms with E-state index in [1.165, 1.54) is 0 Å². The molecule has 0 saturated carbocycles. The van der Waals surface area contributed by atoms with Gasteiger partial charge in [-0.15, -0.1) is 0 Å². The number of hydrogen-bond acceptors (Lipinski definition) is 2. The zero-order chi connectivity index (χ0) is 15.0. The highest BCUT2D eigenvalue weighted by Gasteiger charge is 2.44. The molecule has 0 aliphatic heterocycles. The Hall–Kier alpha value is -1.53. The third-order valence-electron chi connectivity index (χ3n) is 4.14. The quantitative estimate of drug-likeness (QED) is 0.895. The fraction of sp³-hybridized carbons (Fsp3) is 0.235. The second kappa shape index (κ2) is 5.35. The number of aliphatic hydroxyl groups excluding tert-OH is 1. The Morgan fingerprint density at radius 1 is 1.05 bits per heavy atom. The molecule has 0 saturated heterocycles. The minimum atomic E-state index is -0.898. The van der Waals surface area contributed by atoms with Crippen LogP contribution in [0.2, 0.25) is 10.0 Å². The Bertz CT molecular complexity index is 711. The maximum Gasteiger partial charge on any atom is 0.0983 e. The number of nitrogens with zero attached hydrogens (tertiary/aromatic N) is 1. The van der Waals surface area contributed by atoms with Gasteiger partial charge in [0.05, 0.1) is 27.6 Å². The van der Waals surface area contributed by atoms with Crippen LogP contribution in [0.1, 0.15) is 22.8 Å². The summed E-state index contributed by atoms with van der Waals surface area (Å²) >= 11 is 11.9. The molecule has 0 fully saturated rings. The van der Waals surface area contributed by atoms with Gasteiger partial charge in [0.15, 0.2) is 0 Å². The van der Waals surface area contributed by atoms with Crippen molar-refractivity contribution in [3.63, 3.8) is 0 Å². The SMILES string of the molecule is N#CC1(C(O)c2ccc(Cl)c(Cl)c2)Cc2ccccc2C1. The van der Waals surface area contributed by atoms with E-state index in [2.05, 4.69) is 6.07 Å². The first-order chi connectivity index (χ1) is 10.1. The number of hydrogen-bond donors (Lipinski definition) is 1. The maximum atomic E-state index is 10.7. The molecule has 0 radical (unpaired) electrons. The van der Waals surface area contributed by atoms with Crippen LogP contribution in [0, 0.1) is 16.7 Å². The molecule has 1 aliphatic carbocycles. The van der Waals surface area contributed by atoms with Crippen molar-refractivity contribution in [2.45, 2.75) is 18.9 Å². The number of halogens is 2. The Kier molecular flexibility index (Phi) is 3.67. The molecule has 106 valence electrons. The number of aliphatic hydroxyl groups is 1. The van der Waals surface area contributed by atoms with Gasteiger partial charge in [-0.1, -0.05) is 53.5 Å². The molecule has 1 atom stereocenters. The summed E-state index contributed by atoms with van der Waals surface area (Å²) < 4.78 is 0. The minimum Gasteiger partial charge on any atom is -0.387 e. The summed E-state index contributed by atoms with van der Waals surface area (Å²) in [7, 11) is 0. The Balaban J connectivity index is 1.98. The van der Waals surface area contributed by atoms with Crippen molar-refractivity contribution in [2.75, 3.05) is 0 Å². The van der Waals surface area contributed by atoms with E-state index in [9.17, 15) is 10.4 Å². The lowest BCUT2D eigenvalue weighted by Crippen LogP contribution is -2.28. The number of rotatable bonds is 2. The van der Waals surface area contributed by atoms with Crippen molar-refractivity contribution in [3.05, 3.63) is 69.2 Å². The van der Waals surface area contributed by atoms with E-state index in [0.29, 0.717) is 28.5 Å². The summed E-state index contributed by atoms with van der Waals surface area (Å²) in [4.78, 5) is 0. The first-order valence-electron chi connectivity index (χ1n) is 6.67. The van der Waals surface area contributed by atoms with E-state index in [0.717, 1.165) is 11.1 Å². The largest absolute Gasteiger partial charge is 0.387 e. The van der Waals surface area contributed by atoms with Crippen LogP contribution in [0.25, 0.3) is 0 Å². The number of fused-ring (bicyclic) bond motifs is 1. The topological polar surface area (TPSA) is 44.0 Å². The van der Waals surface area contributed by atoms with Crippen molar-refractivity contribution in [3.8, 4) is 6.07 Å². The lowest BCUT2D eigenvalue weighted by atomic mass is 9.77.